The van der Waals surface area contributed by atoms with Gasteiger partial charge in [0.25, 0.3) is 0 Å². The van der Waals surface area contributed by atoms with E-state index in [1.807, 2.05) is 26.4 Å². The van der Waals surface area contributed by atoms with Crippen LogP contribution in [0.3, 0.4) is 0 Å². The normalized spacial score (nSPS) is 14.8. The first-order valence-corrected chi connectivity index (χ1v) is 8.13. The van der Waals surface area contributed by atoms with Gasteiger partial charge in [-0.25, -0.2) is 4.57 Å². The van der Waals surface area contributed by atoms with E-state index in [-0.39, 0.29) is 0 Å². The van der Waals surface area contributed by atoms with E-state index in [1.165, 1.54) is 6.66 Å². The molecule has 2 aromatic rings. The minimum Gasteiger partial charge on any atom is -0.424 e. The molecule has 5 nitrogen and oxygen atoms in total. The van der Waals surface area contributed by atoms with Crippen LogP contribution in [0.4, 0.5) is 0 Å². The third-order valence-corrected chi connectivity index (χ3v) is 3.38. The fourth-order valence-corrected chi connectivity index (χ4v) is 2.54. The SMILES string of the molecule is CN(C)CCc1c[nH]c2cccc(OP(C)(=O)O)c12. The highest BCUT2D eigenvalue weighted by Gasteiger charge is 2.16. The first-order chi connectivity index (χ1) is 8.87. The Balaban J connectivity index is 2.40. The van der Waals surface area contributed by atoms with Crippen LogP contribution in [-0.4, -0.2) is 42.1 Å². The van der Waals surface area contributed by atoms with Gasteiger partial charge in [0.05, 0.1) is 0 Å². The lowest BCUT2D eigenvalue weighted by atomic mass is 10.1. The molecule has 0 bridgehead atoms. The third-order valence-electron chi connectivity index (χ3n) is 2.85. The molecule has 0 amide bonds. The van der Waals surface area contributed by atoms with Gasteiger partial charge < -0.3 is 19.3 Å². The Morgan fingerprint density at radius 1 is 1.42 bits per heavy atom. The van der Waals surface area contributed by atoms with E-state index in [4.69, 9.17) is 4.52 Å². The molecule has 0 aliphatic carbocycles. The topological polar surface area (TPSA) is 65.6 Å². The number of hydrogen-bond donors (Lipinski definition) is 2. The monoisotopic (exact) mass is 282 g/mol. The minimum absolute atomic E-state index is 0.459. The van der Waals surface area contributed by atoms with Crippen molar-refractivity contribution in [2.45, 2.75) is 6.42 Å². The number of likely N-dealkylation sites (N-methyl/N-ethyl adjacent to an activating group) is 1. The predicted octanol–water partition coefficient (Wildman–Crippen LogP) is 2.47. The highest BCUT2D eigenvalue weighted by molar-refractivity contribution is 7.52. The zero-order valence-electron chi connectivity index (χ0n) is 11.4. The number of nitrogens with one attached hydrogen (secondary N) is 1. The molecule has 0 spiro atoms. The standard InChI is InChI=1S/C13H19N2O3P/c1-15(2)8-7-10-9-14-11-5-4-6-12(13(10)11)18-19(3,16)17/h4-6,9,14H,7-8H2,1-3H3,(H,16,17). The van der Waals surface area contributed by atoms with Gasteiger partial charge in [0.15, 0.2) is 0 Å². The van der Waals surface area contributed by atoms with Crippen molar-refractivity contribution >= 4 is 18.5 Å². The summed E-state index contributed by atoms with van der Waals surface area (Å²) in [5, 5.41) is 0.889. The van der Waals surface area contributed by atoms with Gasteiger partial charge in [-0.2, -0.15) is 0 Å². The number of rotatable bonds is 5. The highest BCUT2D eigenvalue weighted by atomic mass is 31.2. The van der Waals surface area contributed by atoms with E-state index < -0.39 is 7.60 Å². The van der Waals surface area contributed by atoms with Gasteiger partial charge in [0.2, 0.25) is 0 Å². The molecule has 1 aromatic heterocycles. The van der Waals surface area contributed by atoms with Crippen LogP contribution in [0.15, 0.2) is 24.4 Å². The van der Waals surface area contributed by atoms with Gasteiger partial charge in [0, 0.05) is 30.3 Å². The maximum Gasteiger partial charge on any atom is 0.373 e. The maximum absolute atomic E-state index is 11.4. The van der Waals surface area contributed by atoms with Crippen molar-refractivity contribution in [1.82, 2.24) is 9.88 Å². The van der Waals surface area contributed by atoms with Crippen LogP contribution in [-0.2, 0) is 11.0 Å². The Morgan fingerprint density at radius 3 is 2.79 bits per heavy atom. The molecule has 0 fully saturated rings. The van der Waals surface area contributed by atoms with Crippen LogP contribution >= 0.6 is 7.60 Å². The van der Waals surface area contributed by atoms with Crippen LogP contribution in [0.2, 0.25) is 0 Å². The van der Waals surface area contributed by atoms with Crippen molar-refractivity contribution < 1.29 is 14.0 Å². The van der Waals surface area contributed by atoms with Gasteiger partial charge in [-0.05, 0) is 38.2 Å². The Bertz CT molecular complexity index is 615. The number of hydrogen-bond acceptors (Lipinski definition) is 3. The van der Waals surface area contributed by atoms with Crippen molar-refractivity contribution in [3.8, 4) is 5.75 Å². The van der Waals surface area contributed by atoms with E-state index in [0.29, 0.717) is 5.75 Å². The molecule has 1 aromatic carbocycles. The van der Waals surface area contributed by atoms with Crippen molar-refractivity contribution in [1.29, 1.82) is 0 Å². The number of nitrogens with zero attached hydrogens (tertiary/aromatic N) is 1. The third kappa shape index (κ3) is 3.60. The van der Waals surface area contributed by atoms with Crippen molar-refractivity contribution in [3.63, 3.8) is 0 Å². The molecular formula is C13H19N2O3P. The van der Waals surface area contributed by atoms with Crippen LogP contribution in [0.5, 0.6) is 5.75 Å². The van der Waals surface area contributed by atoms with Crippen LogP contribution in [0, 0.1) is 0 Å². The Hall–Kier alpha value is -1.29. The van der Waals surface area contributed by atoms with Gasteiger partial charge in [0.1, 0.15) is 5.75 Å². The summed E-state index contributed by atoms with van der Waals surface area (Å²) in [5.74, 6) is 0.459. The van der Waals surface area contributed by atoms with Crippen molar-refractivity contribution in [2.24, 2.45) is 0 Å². The summed E-state index contributed by atoms with van der Waals surface area (Å²) in [6.45, 7) is 2.10. The molecule has 2 rings (SSSR count). The lowest BCUT2D eigenvalue weighted by molar-refractivity contribution is 0.389. The molecule has 104 valence electrons. The Labute approximate surface area is 112 Å². The average Bonchev–Trinajstić information content (AvgIpc) is 2.68. The van der Waals surface area contributed by atoms with Gasteiger partial charge >= 0.3 is 7.60 Å². The summed E-state index contributed by atoms with van der Waals surface area (Å²) in [6.07, 6.45) is 2.78. The second-order valence-electron chi connectivity index (χ2n) is 4.94. The summed E-state index contributed by atoms with van der Waals surface area (Å²) in [7, 11) is 0.478. The largest absolute Gasteiger partial charge is 0.424 e. The van der Waals surface area contributed by atoms with E-state index in [2.05, 4.69) is 9.88 Å². The molecule has 19 heavy (non-hydrogen) atoms. The second-order valence-corrected chi connectivity index (χ2v) is 6.73. The molecule has 0 saturated carbocycles. The molecule has 0 radical (unpaired) electrons. The first-order valence-electron chi connectivity index (χ1n) is 6.10. The van der Waals surface area contributed by atoms with E-state index in [9.17, 15) is 9.46 Å². The summed E-state index contributed by atoms with van der Waals surface area (Å²) in [5.41, 5.74) is 2.01. The predicted molar refractivity (Wildman–Crippen MR) is 76.9 cm³/mol. The summed E-state index contributed by atoms with van der Waals surface area (Å²) in [4.78, 5) is 14.7. The van der Waals surface area contributed by atoms with Gasteiger partial charge in [-0.1, -0.05) is 6.07 Å². The van der Waals surface area contributed by atoms with E-state index >= 15 is 0 Å². The number of aromatic nitrogens is 1. The number of aromatic amines is 1. The summed E-state index contributed by atoms with van der Waals surface area (Å²) < 4.78 is 16.6. The maximum atomic E-state index is 11.4. The van der Waals surface area contributed by atoms with Gasteiger partial charge in [-0.15, -0.1) is 0 Å². The lowest BCUT2D eigenvalue weighted by Crippen LogP contribution is -2.14. The molecule has 1 heterocycles. The molecule has 0 aliphatic rings. The molecule has 0 saturated heterocycles. The number of benzene rings is 1. The Kier molecular flexibility index (Phi) is 3.99. The summed E-state index contributed by atoms with van der Waals surface area (Å²) >= 11 is 0. The van der Waals surface area contributed by atoms with Crippen LogP contribution in [0.1, 0.15) is 5.56 Å². The van der Waals surface area contributed by atoms with Crippen LogP contribution < -0.4 is 4.52 Å². The fraction of sp³-hybridized carbons (Fsp3) is 0.385. The van der Waals surface area contributed by atoms with Gasteiger partial charge in [-0.3, -0.25) is 0 Å². The van der Waals surface area contributed by atoms with Crippen LogP contribution in [0.25, 0.3) is 10.9 Å². The second kappa shape index (κ2) is 5.37. The highest BCUT2D eigenvalue weighted by Crippen LogP contribution is 2.42. The van der Waals surface area contributed by atoms with Crippen molar-refractivity contribution in [3.05, 3.63) is 30.0 Å². The van der Waals surface area contributed by atoms with E-state index in [0.717, 1.165) is 29.4 Å². The van der Waals surface area contributed by atoms with Crippen molar-refractivity contribution in [2.75, 3.05) is 27.3 Å². The first kappa shape index (κ1) is 14.1. The molecule has 1 unspecified atom stereocenters. The molecule has 0 aliphatic heterocycles. The molecule has 2 N–H and O–H groups in total. The Morgan fingerprint density at radius 2 is 2.16 bits per heavy atom. The minimum atomic E-state index is -3.55. The summed E-state index contributed by atoms with van der Waals surface area (Å²) in [6, 6.07) is 5.46. The fourth-order valence-electron chi connectivity index (χ4n) is 2.02. The molecular weight excluding hydrogens is 263 g/mol. The average molecular weight is 282 g/mol. The zero-order valence-corrected chi connectivity index (χ0v) is 12.3. The molecule has 1 atom stereocenters. The zero-order chi connectivity index (χ0) is 14.0. The van der Waals surface area contributed by atoms with E-state index in [1.54, 1.807) is 12.1 Å². The lowest BCUT2D eigenvalue weighted by Gasteiger charge is -2.12. The smallest absolute Gasteiger partial charge is 0.373 e. The number of fused-ring (bicyclic) bond motifs is 1. The number of H-pyrrole nitrogens is 1. The molecule has 6 heteroatoms. The quantitative estimate of drug-likeness (QED) is 0.827.